The van der Waals surface area contributed by atoms with E-state index in [4.69, 9.17) is 0 Å². The number of anilines is 1. The standard InChI is InChI=1S/C45H52Br2N2O3S2/c1-6-7-11-27-48-39-23-21-34(46)30-37(39)44(2,3)41(48)25-19-32-15-14-16-33(43(32)53-36-17-9-8-10-18-36)20-26-42-45(4,5)38-31-35(47)22-24-40(38)49(42)28-12-13-29-54(50,51)52/h8-10,17-26,30-31H,6-7,11-16,27-29H2,1-5H3/p+1. The second-order valence-corrected chi connectivity index (χ2v) is 20.1. The van der Waals surface area contributed by atoms with Crippen molar-refractivity contribution >= 4 is 70.8 Å². The molecule has 1 N–H and O–H groups in total. The molecule has 3 aromatic carbocycles. The quantitative estimate of drug-likeness (QED) is 0.0992. The Labute approximate surface area is 344 Å². The largest absolute Gasteiger partial charge is 0.344 e. The summed E-state index contributed by atoms with van der Waals surface area (Å²) in [4.78, 5) is 4.90. The maximum Gasteiger partial charge on any atom is 0.264 e. The van der Waals surface area contributed by atoms with Crippen LogP contribution in [0.25, 0.3) is 0 Å². The molecule has 3 aliphatic rings. The fourth-order valence-electron chi connectivity index (χ4n) is 8.17. The highest BCUT2D eigenvalue weighted by Crippen LogP contribution is 2.50. The Hall–Kier alpha value is -2.69. The molecule has 2 aliphatic heterocycles. The van der Waals surface area contributed by atoms with Gasteiger partial charge in [0.1, 0.15) is 6.54 Å². The zero-order valence-electron chi connectivity index (χ0n) is 32.2. The minimum atomic E-state index is -3.99. The van der Waals surface area contributed by atoms with E-state index in [9.17, 15) is 13.0 Å². The maximum absolute atomic E-state index is 11.5. The normalized spacial score (nSPS) is 19.4. The van der Waals surface area contributed by atoms with E-state index in [-0.39, 0.29) is 16.6 Å². The average Bonchev–Trinajstić information content (AvgIpc) is 3.46. The van der Waals surface area contributed by atoms with Crippen LogP contribution in [0, 0.1) is 0 Å². The van der Waals surface area contributed by atoms with E-state index in [1.165, 1.54) is 62.0 Å². The molecule has 0 saturated heterocycles. The molecule has 0 spiro atoms. The lowest BCUT2D eigenvalue weighted by Crippen LogP contribution is -2.28. The van der Waals surface area contributed by atoms with Crippen LogP contribution in [0.5, 0.6) is 0 Å². The molecule has 0 amide bonds. The van der Waals surface area contributed by atoms with Gasteiger partial charge >= 0.3 is 0 Å². The number of hydrogen-bond acceptors (Lipinski definition) is 4. The number of rotatable bonds is 14. The summed E-state index contributed by atoms with van der Waals surface area (Å²) in [5.74, 6) is -0.224. The molecule has 0 aromatic heterocycles. The highest BCUT2D eigenvalue weighted by atomic mass is 79.9. The molecule has 1 aliphatic carbocycles. The minimum Gasteiger partial charge on any atom is -0.344 e. The van der Waals surface area contributed by atoms with E-state index >= 15 is 0 Å². The highest BCUT2D eigenvalue weighted by Gasteiger charge is 2.44. The Morgan fingerprint density at radius 1 is 0.852 bits per heavy atom. The molecular weight excluding hydrogens is 840 g/mol. The number of hydrogen-bond donors (Lipinski definition) is 1. The van der Waals surface area contributed by atoms with E-state index in [0.717, 1.165) is 46.9 Å². The van der Waals surface area contributed by atoms with Crippen LogP contribution in [0.15, 0.2) is 127 Å². The summed E-state index contributed by atoms with van der Waals surface area (Å²) in [6.07, 6.45) is 17.2. The van der Waals surface area contributed by atoms with Crippen LogP contribution in [0.4, 0.5) is 11.4 Å². The van der Waals surface area contributed by atoms with Crippen molar-refractivity contribution in [2.24, 2.45) is 0 Å². The summed E-state index contributed by atoms with van der Waals surface area (Å²) in [6.45, 7) is 13.2. The molecule has 0 fully saturated rings. The van der Waals surface area contributed by atoms with Crippen molar-refractivity contribution in [1.29, 1.82) is 0 Å². The first-order valence-corrected chi connectivity index (χ1v) is 23.3. The van der Waals surface area contributed by atoms with Gasteiger partial charge in [-0.15, -0.1) is 0 Å². The zero-order chi connectivity index (χ0) is 38.7. The molecule has 0 atom stereocenters. The summed E-state index contributed by atoms with van der Waals surface area (Å²) in [6, 6.07) is 23.9. The molecule has 0 unspecified atom stereocenters. The predicted octanol–water partition coefficient (Wildman–Crippen LogP) is 12.8. The first-order chi connectivity index (χ1) is 25.7. The van der Waals surface area contributed by atoms with Gasteiger partial charge in [-0.25, -0.2) is 0 Å². The van der Waals surface area contributed by atoms with Crippen molar-refractivity contribution in [3.8, 4) is 0 Å². The fourth-order valence-corrected chi connectivity index (χ4v) is 10.6. The molecule has 0 bridgehead atoms. The molecule has 0 radical (unpaired) electrons. The first-order valence-electron chi connectivity index (χ1n) is 19.2. The van der Waals surface area contributed by atoms with Gasteiger partial charge in [0.15, 0.2) is 5.71 Å². The zero-order valence-corrected chi connectivity index (χ0v) is 37.0. The summed E-state index contributed by atoms with van der Waals surface area (Å²) in [5, 5.41) is 0. The second kappa shape index (κ2) is 17.2. The van der Waals surface area contributed by atoms with Crippen LogP contribution in [-0.4, -0.2) is 42.1 Å². The van der Waals surface area contributed by atoms with Crippen LogP contribution in [-0.2, 0) is 20.9 Å². The number of benzene rings is 3. The molecule has 9 heteroatoms. The summed E-state index contributed by atoms with van der Waals surface area (Å²) < 4.78 is 37.0. The second-order valence-electron chi connectivity index (χ2n) is 15.7. The van der Waals surface area contributed by atoms with Gasteiger partial charge in [0, 0.05) is 66.2 Å². The van der Waals surface area contributed by atoms with Crippen LogP contribution in [0.3, 0.4) is 0 Å². The topological polar surface area (TPSA) is 60.6 Å². The lowest BCUT2D eigenvalue weighted by Gasteiger charge is -2.27. The average molecular weight is 894 g/mol. The Morgan fingerprint density at radius 2 is 1.57 bits per heavy atom. The van der Waals surface area contributed by atoms with E-state index in [1.807, 2.05) is 11.8 Å². The van der Waals surface area contributed by atoms with Crippen LogP contribution in [0.2, 0.25) is 0 Å². The van der Waals surface area contributed by atoms with Gasteiger partial charge in [-0.1, -0.05) is 101 Å². The molecule has 2 heterocycles. The number of halogens is 2. The van der Waals surface area contributed by atoms with Crippen LogP contribution < -0.4 is 4.90 Å². The van der Waals surface area contributed by atoms with Gasteiger partial charge in [0.25, 0.3) is 10.1 Å². The third kappa shape index (κ3) is 9.12. The number of thioether (sulfide) groups is 1. The number of unbranched alkanes of at least 4 members (excludes halogenated alkanes) is 3. The highest BCUT2D eigenvalue weighted by molar-refractivity contribution is 9.10. The number of fused-ring (bicyclic) bond motifs is 2. The van der Waals surface area contributed by atoms with Crippen molar-refractivity contribution in [2.75, 3.05) is 23.7 Å². The lowest BCUT2D eigenvalue weighted by atomic mass is 9.81. The molecule has 6 rings (SSSR count). The van der Waals surface area contributed by atoms with E-state index in [2.05, 4.69) is 167 Å². The van der Waals surface area contributed by atoms with Crippen molar-refractivity contribution in [1.82, 2.24) is 0 Å². The molecule has 0 saturated carbocycles. The first kappa shape index (κ1) is 41.0. The van der Waals surface area contributed by atoms with Gasteiger partial charge in [-0.3, -0.25) is 4.55 Å². The third-order valence-corrected chi connectivity index (χ3v) is 14.1. The van der Waals surface area contributed by atoms with E-state index in [1.54, 1.807) is 0 Å². The summed E-state index contributed by atoms with van der Waals surface area (Å²) >= 11 is 9.31. The fraction of sp³-hybridized carbons (Fsp3) is 0.400. The van der Waals surface area contributed by atoms with Crippen LogP contribution >= 0.6 is 43.6 Å². The molecule has 5 nitrogen and oxygen atoms in total. The predicted molar refractivity (Wildman–Crippen MR) is 235 cm³/mol. The summed E-state index contributed by atoms with van der Waals surface area (Å²) in [5.41, 5.74) is 9.93. The smallest absolute Gasteiger partial charge is 0.264 e. The van der Waals surface area contributed by atoms with E-state index in [0.29, 0.717) is 19.4 Å². The van der Waals surface area contributed by atoms with Gasteiger partial charge < -0.3 is 4.90 Å². The maximum atomic E-state index is 11.5. The Morgan fingerprint density at radius 3 is 2.30 bits per heavy atom. The van der Waals surface area contributed by atoms with Gasteiger partial charge in [0.05, 0.1) is 11.2 Å². The summed E-state index contributed by atoms with van der Waals surface area (Å²) in [7, 11) is -3.99. The van der Waals surface area contributed by atoms with Gasteiger partial charge in [0.2, 0.25) is 5.69 Å². The van der Waals surface area contributed by atoms with Crippen LogP contribution in [0.1, 0.15) is 97.1 Å². The van der Waals surface area contributed by atoms with Crippen molar-refractivity contribution in [2.45, 2.75) is 102 Å². The monoisotopic (exact) mass is 891 g/mol. The SMILES string of the molecule is CCCCC[N+]1=C(/C=C/C2=C(Sc3ccccc3)C(=C/C=C3/N(CCCCS(=O)(=O)O)c4ccc(Br)cc4C3(C)C)/CCC2)C(C)(C)c2cc(Br)ccc21. The van der Waals surface area contributed by atoms with E-state index < -0.39 is 10.1 Å². The number of allylic oxidation sites excluding steroid dienone is 7. The van der Waals surface area contributed by atoms with Crippen molar-refractivity contribution < 1.29 is 17.5 Å². The number of nitrogens with zero attached hydrogens (tertiary/aromatic N) is 2. The van der Waals surface area contributed by atoms with Crippen molar-refractivity contribution in [3.63, 3.8) is 0 Å². The Kier molecular flexibility index (Phi) is 13.1. The van der Waals surface area contributed by atoms with Gasteiger partial charge in [-0.05, 0) is 118 Å². The molecular formula is C45H53Br2N2O3S2+. The minimum absolute atomic E-state index is 0.129. The Bertz CT molecular complexity index is 2150. The third-order valence-electron chi connectivity index (χ3n) is 11.1. The van der Waals surface area contributed by atoms with Crippen molar-refractivity contribution in [3.05, 3.63) is 133 Å². The molecule has 54 heavy (non-hydrogen) atoms. The molecule has 3 aromatic rings. The lowest BCUT2D eigenvalue weighted by molar-refractivity contribution is -0.438. The molecule has 286 valence electrons. The van der Waals surface area contributed by atoms with Gasteiger partial charge in [-0.2, -0.15) is 13.0 Å². The Balaban J connectivity index is 1.42.